The Bertz CT molecular complexity index is 1390. The highest BCUT2D eigenvalue weighted by atomic mass is 19.1. The van der Waals surface area contributed by atoms with E-state index in [2.05, 4.69) is 20.3 Å². The highest BCUT2D eigenvalue weighted by molar-refractivity contribution is 6.01. The van der Waals surface area contributed by atoms with E-state index >= 15 is 4.39 Å². The number of likely N-dealkylation sites (tertiary alicyclic amines) is 1. The molecule has 0 spiro atoms. The van der Waals surface area contributed by atoms with Crippen LogP contribution in [-0.2, 0) is 33.5 Å². The van der Waals surface area contributed by atoms with Crippen molar-refractivity contribution in [3.8, 4) is 0 Å². The molecule has 3 unspecified atom stereocenters. The SMILES string of the molecule is Cc1nc2ccc(C34CCN(Cc5cnn(C)c5)CC3(C)O4)c(F)c2cc1C1CCC(=O)NC1=O. The number of benzene rings is 1. The van der Waals surface area contributed by atoms with Crippen molar-refractivity contribution in [2.75, 3.05) is 13.1 Å². The normalized spacial score (nSPS) is 28.7. The number of aryl methyl sites for hydroxylation is 2. The van der Waals surface area contributed by atoms with Crippen molar-refractivity contribution in [1.29, 1.82) is 0 Å². The number of nitrogens with one attached hydrogen (secondary N) is 1. The summed E-state index contributed by atoms with van der Waals surface area (Å²) in [4.78, 5) is 31.0. The van der Waals surface area contributed by atoms with Gasteiger partial charge in [0.1, 0.15) is 17.0 Å². The van der Waals surface area contributed by atoms with Gasteiger partial charge in [-0.1, -0.05) is 6.07 Å². The van der Waals surface area contributed by atoms with Crippen LogP contribution in [0.5, 0.6) is 0 Å². The second-order valence-corrected chi connectivity index (χ2v) is 10.3. The van der Waals surface area contributed by atoms with Crippen molar-refractivity contribution in [2.24, 2.45) is 7.05 Å². The molecule has 0 bridgehead atoms. The molecule has 0 saturated carbocycles. The fourth-order valence-electron chi connectivity index (χ4n) is 6.05. The first-order chi connectivity index (χ1) is 16.7. The first-order valence-electron chi connectivity index (χ1n) is 12.0. The largest absolute Gasteiger partial charge is 0.356 e. The lowest BCUT2D eigenvalue weighted by Crippen LogP contribution is -2.44. The van der Waals surface area contributed by atoms with Crippen molar-refractivity contribution in [1.82, 2.24) is 25.0 Å². The summed E-state index contributed by atoms with van der Waals surface area (Å²) in [5.41, 5.74) is 2.43. The van der Waals surface area contributed by atoms with Crippen molar-refractivity contribution in [3.05, 3.63) is 58.8 Å². The maximum Gasteiger partial charge on any atom is 0.234 e. The van der Waals surface area contributed by atoms with Gasteiger partial charge in [-0.15, -0.1) is 0 Å². The third-order valence-corrected chi connectivity index (χ3v) is 7.89. The smallest absolute Gasteiger partial charge is 0.234 e. The number of imide groups is 1. The quantitative estimate of drug-likeness (QED) is 0.459. The maximum absolute atomic E-state index is 16.1. The molecule has 1 N–H and O–H groups in total. The van der Waals surface area contributed by atoms with Crippen LogP contribution >= 0.6 is 0 Å². The fourth-order valence-corrected chi connectivity index (χ4v) is 6.05. The standard InChI is InChI=1S/C26H28FN5O3/c1-15-18(17-4-7-22(33)30-24(17)34)10-19-21(29-15)6-5-20(23(19)27)26-8-9-32(14-25(26,2)35-26)13-16-11-28-31(3)12-16/h5-6,10-12,17H,4,7-9,13-14H2,1-3H3,(H,30,33,34). The molecule has 3 aliphatic rings. The second-order valence-electron chi connectivity index (χ2n) is 10.3. The minimum absolute atomic E-state index is 0.265. The molecule has 0 aliphatic carbocycles. The third kappa shape index (κ3) is 3.48. The zero-order valence-corrected chi connectivity index (χ0v) is 20.1. The molecule has 3 aliphatic heterocycles. The van der Waals surface area contributed by atoms with Crippen LogP contribution in [0, 0.1) is 12.7 Å². The van der Waals surface area contributed by atoms with Crippen molar-refractivity contribution in [2.45, 2.75) is 56.8 Å². The molecular weight excluding hydrogens is 449 g/mol. The summed E-state index contributed by atoms with van der Waals surface area (Å²) in [6.07, 6.45) is 5.23. The van der Waals surface area contributed by atoms with Crippen LogP contribution in [0.4, 0.5) is 4.39 Å². The number of carbonyl (C=O) groups is 2. The number of amides is 2. The van der Waals surface area contributed by atoms with Gasteiger partial charge < -0.3 is 4.74 Å². The molecule has 6 rings (SSSR count). The maximum atomic E-state index is 16.1. The summed E-state index contributed by atoms with van der Waals surface area (Å²) in [5.74, 6) is -1.47. The van der Waals surface area contributed by atoms with Crippen LogP contribution in [0.25, 0.3) is 10.9 Å². The lowest BCUT2D eigenvalue weighted by Gasteiger charge is -2.32. The predicted octanol–water partition coefficient (Wildman–Crippen LogP) is 2.83. The van der Waals surface area contributed by atoms with Gasteiger partial charge in [-0.05, 0) is 44.4 Å². The van der Waals surface area contributed by atoms with Gasteiger partial charge in [0.2, 0.25) is 11.8 Å². The van der Waals surface area contributed by atoms with Gasteiger partial charge in [-0.3, -0.25) is 29.5 Å². The Morgan fingerprint density at radius 3 is 2.86 bits per heavy atom. The molecule has 9 heteroatoms. The number of ether oxygens (including phenoxy) is 1. The average molecular weight is 478 g/mol. The Morgan fingerprint density at radius 2 is 2.14 bits per heavy atom. The van der Waals surface area contributed by atoms with E-state index in [1.54, 1.807) is 16.8 Å². The topological polar surface area (TPSA) is 92.7 Å². The summed E-state index contributed by atoms with van der Waals surface area (Å²) in [6, 6.07) is 5.39. The molecule has 182 valence electrons. The summed E-state index contributed by atoms with van der Waals surface area (Å²) >= 11 is 0. The Kier molecular flexibility index (Phi) is 4.88. The Labute approximate surface area is 202 Å². The molecule has 0 radical (unpaired) electrons. The number of nitrogens with zero attached hydrogens (tertiary/aromatic N) is 4. The van der Waals surface area contributed by atoms with E-state index < -0.39 is 17.1 Å². The molecule has 2 amide bonds. The molecular formula is C26H28FN5O3. The first-order valence-corrected chi connectivity index (χ1v) is 12.0. The lowest BCUT2D eigenvalue weighted by atomic mass is 9.80. The van der Waals surface area contributed by atoms with Crippen LogP contribution in [0.3, 0.4) is 0 Å². The highest BCUT2D eigenvalue weighted by Crippen LogP contribution is 2.61. The molecule has 3 fully saturated rings. The zero-order chi connectivity index (χ0) is 24.5. The van der Waals surface area contributed by atoms with E-state index in [9.17, 15) is 9.59 Å². The second kappa shape index (κ2) is 7.66. The summed E-state index contributed by atoms with van der Waals surface area (Å²) in [6.45, 7) is 6.14. The Morgan fingerprint density at radius 1 is 1.31 bits per heavy atom. The molecule has 3 aromatic rings. The predicted molar refractivity (Wildman–Crippen MR) is 126 cm³/mol. The number of halogens is 1. The molecule has 5 heterocycles. The van der Waals surface area contributed by atoms with Gasteiger partial charge >= 0.3 is 0 Å². The number of rotatable bonds is 4. The summed E-state index contributed by atoms with van der Waals surface area (Å²) in [5, 5.41) is 7.03. The number of hydrogen-bond acceptors (Lipinski definition) is 6. The summed E-state index contributed by atoms with van der Waals surface area (Å²) < 4.78 is 24.2. The van der Waals surface area contributed by atoms with Crippen LogP contribution in [0.2, 0.25) is 0 Å². The van der Waals surface area contributed by atoms with Crippen molar-refractivity contribution in [3.63, 3.8) is 0 Å². The van der Waals surface area contributed by atoms with E-state index in [0.717, 1.165) is 18.7 Å². The van der Waals surface area contributed by atoms with Gasteiger partial charge in [0.05, 0.1) is 17.6 Å². The van der Waals surface area contributed by atoms with E-state index in [1.807, 2.05) is 39.4 Å². The van der Waals surface area contributed by atoms with E-state index in [1.165, 1.54) is 0 Å². The van der Waals surface area contributed by atoms with Crippen LogP contribution in [0.1, 0.15) is 54.5 Å². The third-order valence-electron chi connectivity index (χ3n) is 7.89. The number of epoxide rings is 1. The molecule has 2 aromatic heterocycles. The Balaban J connectivity index is 1.31. The van der Waals surface area contributed by atoms with Gasteiger partial charge in [0.15, 0.2) is 0 Å². The van der Waals surface area contributed by atoms with Gasteiger partial charge in [-0.25, -0.2) is 4.39 Å². The monoisotopic (exact) mass is 477 g/mol. The van der Waals surface area contributed by atoms with Crippen molar-refractivity contribution < 1.29 is 18.7 Å². The number of aromatic nitrogens is 3. The number of pyridine rings is 1. The van der Waals surface area contributed by atoms with Gasteiger partial charge in [0, 0.05) is 61.5 Å². The van der Waals surface area contributed by atoms with E-state index in [-0.39, 0.29) is 24.1 Å². The number of piperidine rings is 2. The average Bonchev–Trinajstić information content (AvgIpc) is 3.23. The number of fused-ring (bicyclic) bond motifs is 2. The molecule has 3 saturated heterocycles. The summed E-state index contributed by atoms with van der Waals surface area (Å²) in [7, 11) is 1.90. The van der Waals surface area contributed by atoms with Gasteiger partial charge in [-0.2, -0.15) is 5.10 Å². The van der Waals surface area contributed by atoms with E-state index in [0.29, 0.717) is 47.1 Å². The molecule has 1 aromatic carbocycles. The zero-order valence-electron chi connectivity index (χ0n) is 20.1. The van der Waals surface area contributed by atoms with Crippen LogP contribution in [0.15, 0.2) is 30.6 Å². The number of hydrogen-bond donors (Lipinski definition) is 1. The highest BCUT2D eigenvalue weighted by Gasteiger charge is 2.70. The van der Waals surface area contributed by atoms with E-state index in [4.69, 9.17) is 4.74 Å². The number of carbonyl (C=O) groups excluding carboxylic acids is 2. The minimum atomic E-state index is -0.670. The molecule has 35 heavy (non-hydrogen) atoms. The minimum Gasteiger partial charge on any atom is -0.356 e. The van der Waals surface area contributed by atoms with Crippen LogP contribution in [-0.4, -0.2) is 50.2 Å². The lowest BCUT2D eigenvalue weighted by molar-refractivity contribution is -0.134. The molecule has 3 atom stereocenters. The Hall–Kier alpha value is -3.17. The van der Waals surface area contributed by atoms with Gasteiger partial charge in [0.25, 0.3) is 0 Å². The van der Waals surface area contributed by atoms with Crippen LogP contribution < -0.4 is 5.32 Å². The fraction of sp³-hybridized carbons (Fsp3) is 0.462. The molecule has 8 nitrogen and oxygen atoms in total. The van der Waals surface area contributed by atoms with Crippen molar-refractivity contribution >= 4 is 22.7 Å². The first kappa shape index (κ1) is 22.3.